The highest BCUT2D eigenvalue weighted by Crippen LogP contribution is 2.43. The van der Waals surface area contributed by atoms with Crippen LogP contribution in [0.1, 0.15) is 42.9 Å². The van der Waals surface area contributed by atoms with Gasteiger partial charge in [0, 0.05) is 18.1 Å². The number of benzene rings is 2. The molecule has 1 atom stereocenters. The topological polar surface area (TPSA) is 29.3 Å². The highest BCUT2D eigenvalue weighted by atomic mass is 15.2. The van der Waals surface area contributed by atoms with Crippen LogP contribution >= 0.6 is 0 Å². The minimum Gasteiger partial charge on any atom is -0.322 e. The predicted octanol–water partition coefficient (Wildman–Crippen LogP) is 4.13. The quantitative estimate of drug-likeness (QED) is 0.898. The Balaban J connectivity index is 1.85. The molecule has 0 heterocycles. The molecular weight excluding hydrogens is 268 g/mol. The van der Waals surface area contributed by atoms with E-state index >= 15 is 0 Å². The highest BCUT2D eigenvalue weighted by molar-refractivity contribution is 5.24. The third-order valence-corrected chi connectivity index (χ3v) is 5.23. The van der Waals surface area contributed by atoms with E-state index in [1.165, 1.54) is 36.8 Å². The van der Waals surface area contributed by atoms with Crippen molar-refractivity contribution in [3.05, 3.63) is 71.8 Å². The summed E-state index contributed by atoms with van der Waals surface area (Å²) in [5, 5.41) is 0. The first kappa shape index (κ1) is 15.3. The van der Waals surface area contributed by atoms with E-state index in [1.807, 2.05) is 0 Å². The Labute approximate surface area is 134 Å². The summed E-state index contributed by atoms with van der Waals surface area (Å²) in [4.78, 5) is 2.49. The lowest BCUT2D eigenvalue weighted by Gasteiger charge is -2.44. The van der Waals surface area contributed by atoms with Crippen molar-refractivity contribution < 1.29 is 0 Å². The number of nitrogens with two attached hydrogens (primary N) is 1. The third-order valence-electron chi connectivity index (χ3n) is 5.23. The molecule has 116 valence electrons. The number of hydrogen-bond donors (Lipinski definition) is 1. The van der Waals surface area contributed by atoms with E-state index in [9.17, 15) is 0 Å². The SMILES string of the molecule is CN(Cc1ccccc1)C1([C@H](N)c2ccccc2)CCCC1. The van der Waals surface area contributed by atoms with Crippen molar-refractivity contribution in [3.8, 4) is 0 Å². The van der Waals surface area contributed by atoms with Gasteiger partial charge >= 0.3 is 0 Å². The van der Waals surface area contributed by atoms with Gasteiger partial charge in [0.15, 0.2) is 0 Å². The fourth-order valence-corrected chi connectivity index (χ4v) is 3.90. The molecule has 2 nitrogen and oxygen atoms in total. The summed E-state index contributed by atoms with van der Waals surface area (Å²) < 4.78 is 0. The zero-order valence-corrected chi connectivity index (χ0v) is 13.4. The van der Waals surface area contributed by atoms with Crippen molar-refractivity contribution in [1.82, 2.24) is 4.90 Å². The largest absolute Gasteiger partial charge is 0.322 e. The molecule has 0 saturated heterocycles. The molecule has 3 rings (SSSR count). The van der Waals surface area contributed by atoms with E-state index in [0.29, 0.717) is 0 Å². The zero-order valence-electron chi connectivity index (χ0n) is 13.4. The maximum atomic E-state index is 6.75. The molecule has 0 spiro atoms. The lowest BCUT2D eigenvalue weighted by molar-refractivity contribution is 0.0866. The smallest absolute Gasteiger partial charge is 0.0482 e. The summed E-state index contributed by atoms with van der Waals surface area (Å²) in [6, 6.07) is 21.4. The number of likely N-dealkylation sites (N-methyl/N-ethyl adjacent to an activating group) is 1. The van der Waals surface area contributed by atoms with Gasteiger partial charge in [-0.1, -0.05) is 73.5 Å². The van der Waals surface area contributed by atoms with E-state index in [2.05, 4.69) is 72.6 Å². The van der Waals surface area contributed by atoms with Gasteiger partial charge in [0.1, 0.15) is 0 Å². The Morgan fingerprint density at radius 3 is 2.09 bits per heavy atom. The van der Waals surface area contributed by atoms with Gasteiger partial charge in [-0.3, -0.25) is 4.90 Å². The highest BCUT2D eigenvalue weighted by Gasteiger charge is 2.43. The Hall–Kier alpha value is -1.64. The van der Waals surface area contributed by atoms with Crippen LogP contribution in [0.15, 0.2) is 60.7 Å². The number of nitrogens with zero attached hydrogens (tertiary/aromatic N) is 1. The second-order valence-electron chi connectivity index (χ2n) is 6.54. The zero-order chi connectivity index (χ0) is 15.4. The maximum absolute atomic E-state index is 6.75. The average molecular weight is 294 g/mol. The Bertz CT molecular complexity index is 573. The molecule has 2 aromatic rings. The molecule has 2 heteroatoms. The molecule has 0 amide bonds. The lowest BCUT2D eigenvalue weighted by atomic mass is 9.82. The molecule has 2 aromatic carbocycles. The van der Waals surface area contributed by atoms with Gasteiger partial charge in [-0.2, -0.15) is 0 Å². The van der Waals surface area contributed by atoms with Gasteiger partial charge in [-0.15, -0.1) is 0 Å². The first-order valence-electron chi connectivity index (χ1n) is 8.28. The van der Waals surface area contributed by atoms with Crippen LogP contribution in [0.3, 0.4) is 0 Å². The van der Waals surface area contributed by atoms with E-state index < -0.39 is 0 Å². The fourth-order valence-electron chi connectivity index (χ4n) is 3.90. The van der Waals surface area contributed by atoms with E-state index in [1.54, 1.807) is 0 Å². The second kappa shape index (κ2) is 6.64. The molecule has 1 aliphatic carbocycles. The molecule has 0 aromatic heterocycles. The van der Waals surface area contributed by atoms with E-state index in [0.717, 1.165) is 6.54 Å². The Morgan fingerprint density at radius 1 is 0.955 bits per heavy atom. The molecule has 22 heavy (non-hydrogen) atoms. The fraction of sp³-hybridized carbons (Fsp3) is 0.400. The van der Waals surface area contributed by atoms with E-state index in [4.69, 9.17) is 5.73 Å². The van der Waals surface area contributed by atoms with Crippen molar-refractivity contribution in [2.24, 2.45) is 5.73 Å². The monoisotopic (exact) mass is 294 g/mol. The summed E-state index contributed by atoms with van der Waals surface area (Å²) in [7, 11) is 2.24. The van der Waals surface area contributed by atoms with Crippen LogP contribution in [0.5, 0.6) is 0 Å². The molecule has 1 fully saturated rings. The van der Waals surface area contributed by atoms with Gasteiger partial charge < -0.3 is 5.73 Å². The summed E-state index contributed by atoms with van der Waals surface area (Å²) in [6.45, 7) is 0.960. The van der Waals surface area contributed by atoms with Crippen LogP contribution in [0.4, 0.5) is 0 Å². The third kappa shape index (κ3) is 2.94. The Kier molecular flexibility index (Phi) is 4.60. The van der Waals surface area contributed by atoms with E-state index in [-0.39, 0.29) is 11.6 Å². The van der Waals surface area contributed by atoms with Crippen LogP contribution in [0.2, 0.25) is 0 Å². The summed E-state index contributed by atoms with van der Waals surface area (Å²) >= 11 is 0. The normalized spacial score (nSPS) is 18.5. The van der Waals surface area contributed by atoms with Gasteiger partial charge in [-0.05, 0) is 31.0 Å². The summed E-state index contributed by atoms with van der Waals surface area (Å²) in [5.41, 5.74) is 9.44. The molecule has 1 aliphatic rings. The molecule has 0 radical (unpaired) electrons. The van der Waals surface area contributed by atoms with Gasteiger partial charge in [-0.25, -0.2) is 0 Å². The molecule has 0 unspecified atom stereocenters. The van der Waals surface area contributed by atoms with Gasteiger partial charge in [0.05, 0.1) is 0 Å². The summed E-state index contributed by atoms with van der Waals surface area (Å²) in [6.07, 6.45) is 4.93. The first-order chi connectivity index (χ1) is 10.7. The van der Waals surface area contributed by atoms with Crippen molar-refractivity contribution in [3.63, 3.8) is 0 Å². The van der Waals surface area contributed by atoms with Crippen LogP contribution in [-0.2, 0) is 6.54 Å². The van der Waals surface area contributed by atoms with Crippen molar-refractivity contribution in [2.45, 2.75) is 43.8 Å². The first-order valence-corrected chi connectivity index (χ1v) is 8.28. The Morgan fingerprint density at radius 2 is 1.50 bits per heavy atom. The molecule has 0 bridgehead atoms. The minimum atomic E-state index is 0.0740. The summed E-state index contributed by atoms with van der Waals surface area (Å²) in [5.74, 6) is 0. The molecule has 2 N–H and O–H groups in total. The maximum Gasteiger partial charge on any atom is 0.0482 e. The molecule has 1 saturated carbocycles. The second-order valence-corrected chi connectivity index (χ2v) is 6.54. The molecule has 0 aliphatic heterocycles. The molecular formula is C20H26N2. The van der Waals surface area contributed by atoms with Crippen LogP contribution in [0, 0.1) is 0 Å². The van der Waals surface area contributed by atoms with Gasteiger partial charge in [0.25, 0.3) is 0 Å². The number of rotatable bonds is 5. The van der Waals surface area contributed by atoms with Crippen LogP contribution in [-0.4, -0.2) is 17.5 Å². The van der Waals surface area contributed by atoms with Crippen molar-refractivity contribution in [1.29, 1.82) is 0 Å². The minimum absolute atomic E-state index is 0.0740. The lowest BCUT2D eigenvalue weighted by Crippen LogP contribution is -2.51. The average Bonchev–Trinajstić information content (AvgIpc) is 3.07. The predicted molar refractivity (Wildman–Crippen MR) is 92.5 cm³/mol. The van der Waals surface area contributed by atoms with Crippen LogP contribution in [0.25, 0.3) is 0 Å². The van der Waals surface area contributed by atoms with Crippen molar-refractivity contribution >= 4 is 0 Å². The standard InChI is InChI=1S/C20H26N2/c1-22(16-17-10-4-2-5-11-17)20(14-8-9-15-20)19(21)18-12-6-3-7-13-18/h2-7,10-13,19H,8-9,14-16,21H2,1H3/t19-/m1/s1. The van der Waals surface area contributed by atoms with Crippen LogP contribution < -0.4 is 5.73 Å². The van der Waals surface area contributed by atoms with Gasteiger partial charge in [0.2, 0.25) is 0 Å². The van der Waals surface area contributed by atoms with Crippen molar-refractivity contribution in [2.75, 3.05) is 7.05 Å². The number of hydrogen-bond acceptors (Lipinski definition) is 2.